The Morgan fingerprint density at radius 2 is 1.16 bits per heavy atom. The Bertz CT molecular complexity index is 1490. The molecule has 1 N–H and O–H groups in total. The fourth-order valence-corrected chi connectivity index (χ4v) is 6.08. The van der Waals surface area contributed by atoms with Gasteiger partial charge in [0.25, 0.3) is 0 Å². The third-order valence-corrected chi connectivity index (χ3v) is 12.8. The summed E-state index contributed by atoms with van der Waals surface area (Å²) in [7, 11) is -2.66. The molecule has 11 heteroatoms. The predicted molar refractivity (Wildman–Crippen MR) is 190 cm³/mol. The van der Waals surface area contributed by atoms with Gasteiger partial charge in [0.2, 0.25) is 0 Å². The lowest BCUT2D eigenvalue weighted by atomic mass is 9.92. The van der Waals surface area contributed by atoms with E-state index < -0.39 is 62.0 Å². The SMILES string of the molecule is CCCCOCCOC1OC(CCC(C)(C)[Si](C)(C)O)C(OC(=O)c2ccccc2)C(OC(=O)c2ccccc2)C1OC(=O)c1ccccc1. The van der Waals surface area contributed by atoms with E-state index in [0.29, 0.717) is 19.4 Å². The maximum absolute atomic E-state index is 13.7. The smallest absolute Gasteiger partial charge is 0.338 e. The molecule has 1 aliphatic heterocycles. The molecule has 1 aliphatic rings. The fraction of sp³-hybridized carbons (Fsp3) is 0.462. The number of hydrogen-bond donors (Lipinski definition) is 1. The minimum absolute atomic E-state index is 0.0936. The summed E-state index contributed by atoms with van der Waals surface area (Å²) in [6.45, 7) is 10.7. The molecule has 5 atom stereocenters. The quantitative estimate of drug-likeness (QED) is 0.0680. The van der Waals surface area contributed by atoms with Crippen molar-refractivity contribution in [3.63, 3.8) is 0 Å². The number of ether oxygens (including phenoxy) is 6. The lowest BCUT2D eigenvalue weighted by Crippen LogP contribution is -2.62. The normalized spacial score (nSPS) is 20.9. The zero-order valence-electron chi connectivity index (χ0n) is 29.6. The predicted octanol–water partition coefficient (Wildman–Crippen LogP) is 6.98. The number of carbonyl (C=O) groups excluding carboxylic acids is 3. The Morgan fingerprint density at radius 1 is 0.700 bits per heavy atom. The van der Waals surface area contributed by atoms with Crippen LogP contribution in [0.4, 0.5) is 0 Å². The molecule has 5 unspecified atom stereocenters. The van der Waals surface area contributed by atoms with Crippen molar-refractivity contribution < 1.29 is 47.6 Å². The van der Waals surface area contributed by atoms with E-state index in [4.69, 9.17) is 28.4 Å². The lowest BCUT2D eigenvalue weighted by molar-refractivity contribution is -0.297. The summed E-state index contributed by atoms with van der Waals surface area (Å²) in [4.78, 5) is 52.0. The highest BCUT2D eigenvalue weighted by molar-refractivity contribution is 6.72. The second-order valence-electron chi connectivity index (χ2n) is 13.6. The standard InChI is InChI=1S/C39H50O10Si/c1-6-7-25-44-26-27-45-38-34(49-37(42)30-21-15-10-16-22-30)33(48-36(41)29-19-13-9-14-20-29)32(47-35(40)28-17-11-8-12-18-28)31(46-38)23-24-39(2,3)50(4,5)43/h8-22,31-34,38,43H,6-7,23-27H2,1-5H3. The number of hydrogen-bond acceptors (Lipinski definition) is 10. The van der Waals surface area contributed by atoms with Gasteiger partial charge < -0.3 is 33.2 Å². The molecular formula is C39H50O10Si. The summed E-state index contributed by atoms with van der Waals surface area (Å²) in [6, 6.07) is 25.2. The van der Waals surface area contributed by atoms with Crippen molar-refractivity contribution in [1.82, 2.24) is 0 Å². The molecule has 0 radical (unpaired) electrons. The molecule has 3 aromatic rings. The van der Waals surface area contributed by atoms with E-state index in [1.54, 1.807) is 91.0 Å². The van der Waals surface area contributed by atoms with Gasteiger partial charge in [-0.1, -0.05) is 81.8 Å². The topological polar surface area (TPSA) is 127 Å². The van der Waals surface area contributed by atoms with Crippen molar-refractivity contribution in [3.8, 4) is 0 Å². The molecule has 50 heavy (non-hydrogen) atoms. The first-order chi connectivity index (χ1) is 23.9. The Hall–Kier alpha value is -3.87. The van der Waals surface area contributed by atoms with Crippen LogP contribution in [0.25, 0.3) is 0 Å². The molecule has 3 aromatic carbocycles. The zero-order valence-corrected chi connectivity index (χ0v) is 30.6. The molecule has 0 spiro atoms. The first-order valence-corrected chi connectivity index (χ1v) is 20.2. The molecule has 0 saturated carbocycles. The maximum atomic E-state index is 13.7. The van der Waals surface area contributed by atoms with Crippen molar-refractivity contribution >= 4 is 26.2 Å². The molecule has 1 fully saturated rings. The van der Waals surface area contributed by atoms with Crippen LogP contribution in [-0.2, 0) is 28.4 Å². The minimum Gasteiger partial charge on any atom is -0.452 e. The number of carbonyl (C=O) groups is 3. The van der Waals surface area contributed by atoms with Gasteiger partial charge in [0.15, 0.2) is 32.9 Å². The van der Waals surface area contributed by atoms with Gasteiger partial charge in [-0.25, -0.2) is 14.4 Å². The second-order valence-corrected chi connectivity index (χ2v) is 18.0. The number of rotatable bonds is 17. The van der Waals surface area contributed by atoms with Gasteiger partial charge in [-0.15, -0.1) is 0 Å². The van der Waals surface area contributed by atoms with Crippen LogP contribution in [0.15, 0.2) is 91.0 Å². The summed E-state index contributed by atoms with van der Waals surface area (Å²) in [5, 5.41) is -0.458. The van der Waals surface area contributed by atoms with Crippen LogP contribution < -0.4 is 0 Å². The maximum Gasteiger partial charge on any atom is 0.338 e. The van der Waals surface area contributed by atoms with Crippen molar-refractivity contribution in [3.05, 3.63) is 108 Å². The van der Waals surface area contributed by atoms with Gasteiger partial charge in [-0.3, -0.25) is 0 Å². The third kappa shape index (κ3) is 10.8. The lowest BCUT2D eigenvalue weighted by Gasteiger charge is -2.45. The molecular weight excluding hydrogens is 657 g/mol. The van der Waals surface area contributed by atoms with Crippen LogP contribution in [0, 0.1) is 0 Å². The molecule has 0 amide bonds. The monoisotopic (exact) mass is 706 g/mol. The first kappa shape index (κ1) is 38.9. The Kier molecular flexibility index (Phi) is 14.3. The summed E-state index contributed by atoms with van der Waals surface area (Å²) in [5.74, 6) is -2.07. The van der Waals surface area contributed by atoms with E-state index in [1.807, 2.05) is 26.9 Å². The van der Waals surface area contributed by atoms with Crippen LogP contribution in [0.1, 0.15) is 77.5 Å². The first-order valence-electron chi connectivity index (χ1n) is 17.3. The van der Waals surface area contributed by atoms with E-state index in [1.165, 1.54) is 0 Å². The third-order valence-electron chi connectivity index (χ3n) is 9.21. The Balaban J connectivity index is 1.76. The highest BCUT2D eigenvalue weighted by Gasteiger charge is 2.53. The summed E-state index contributed by atoms with van der Waals surface area (Å²) < 4.78 is 36.9. The average Bonchev–Trinajstić information content (AvgIpc) is 3.11. The van der Waals surface area contributed by atoms with Crippen molar-refractivity contribution in [2.45, 2.75) is 95.3 Å². The molecule has 270 valence electrons. The molecule has 0 aromatic heterocycles. The van der Waals surface area contributed by atoms with Crippen LogP contribution in [0.3, 0.4) is 0 Å². The van der Waals surface area contributed by atoms with Gasteiger partial charge in [-0.05, 0) is 73.8 Å². The fourth-order valence-electron chi connectivity index (χ4n) is 5.32. The Morgan fingerprint density at radius 3 is 1.62 bits per heavy atom. The Labute approximate surface area is 296 Å². The van der Waals surface area contributed by atoms with Crippen LogP contribution in [0.2, 0.25) is 18.1 Å². The minimum atomic E-state index is -2.66. The van der Waals surface area contributed by atoms with Gasteiger partial charge in [0.1, 0.15) is 6.10 Å². The average molecular weight is 707 g/mol. The van der Waals surface area contributed by atoms with Crippen molar-refractivity contribution in [1.29, 1.82) is 0 Å². The van der Waals surface area contributed by atoms with E-state index in [-0.39, 0.29) is 29.9 Å². The number of unbranched alkanes of at least 4 members (excludes halogenated alkanes) is 1. The molecule has 1 heterocycles. The van der Waals surface area contributed by atoms with E-state index in [2.05, 4.69) is 6.92 Å². The molecule has 1 saturated heterocycles. The second kappa shape index (κ2) is 18.4. The van der Waals surface area contributed by atoms with Crippen LogP contribution >= 0.6 is 0 Å². The number of esters is 3. The highest BCUT2D eigenvalue weighted by Crippen LogP contribution is 2.42. The van der Waals surface area contributed by atoms with E-state index in [0.717, 1.165) is 12.8 Å². The van der Waals surface area contributed by atoms with Gasteiger partial charge >= 0.3 is 17.9 Å². The highest BCUT2D eigenvalue weighted by atomic mass is 28.4. The molecule has 10 nitrogen and oxygen atoms in total. The zero-order chi connectivity index (χ0) is 36.1. The summed E-state index contributed by atoms with van der Waals surface area (Å²) >= 11 is 0. The van der Waals surface area contributed by atoms with Crippen molar-refractivity contribution in [2.24, 2.45) is 0 Å². The van der Waals surface area contributed by atoms with Crippen LogP contribution in [-0.4, -0.2) is 81.5 Å². The van der Waals surface area contributed by atoms with E-state index in [9.17, 15) is 19.2 Å². The van der Waals surface area contributed by atoms with Gasteiger partial charge in [0, 0.05) is 6.61 Å². The number of benzene rings is 3. The van der Waals surface area contributed by atoms with Crippen molar-refractivity contribution in [2.75, 3.05) is 19.8 Å². The van der Waals surface area contributed by atoms with E-state index >= 15 is 0 Å². The van der Waals surface area contributed by atoms with Gasteiger partial charge in [0.05, 0.1) is 29.9 Å². The molecule has 0 bridgehead atoms. The van der Waals surface area contributed by atoms with Gasteiger partial charge in [-0.2, -0.15) is 0 Å². The molecule has 0 aliphatic carbocycles. The largest absolute Gasteiger partial charge is 0.452 e. The summed E-state index contributed by atoms with van der Waals surface area (Å²) in [5.41, 5.74) is 0.802. The molecule has 4 rings (SSSR count). The summed E-state index contributed by atoms with van der Waals surface area (Å²) in [6.07, 6.45) is -3.31. The van der Waals surface area contributed by atoms with Crippen LogP contribution in [0.5, 0.6) is 0 Å².